The number of benzene rings is 2. The van der Waals surface area contributed by atoms with E-state index >= 15 is 0 Å². The molecule has 0 aliphatic carbocycles. The van der Waals surface area contributed by atoms with Crippen molar-refractivity contribution in [2.24, 2.45) is 0 Å². The molecule has 0 aliphatic heterocycles. The Morgan fingerprint density at radius 1 is 1.05 bits per heavy atom. The number of aryl methyl sites for hydroxylation is 1. The number of anilines is 1. The Hall–Kier alpha value is -2.09. The van der Waals surface area contributed by atoms with Crippen LogP contribution in [0, 0.1) is 6.92 Å². The number of nitrogens with two attached hydrogens (primary N) is 1. The molecule has 0 heterocycles. The van der Waals surface area contributed by atoms with Gasteiger partial charge in [0, 0.05) is 11.3 Å². The minimum absolute atomic E-state index is 0.121. The SMILES string of the molecule is Cc1cc(N)ccc1C(=O)C(C)(C)c1ccccc1. The summed E-state index contributed by atoms with van der Waals surface area (Å²) < 4.78 is 0. The topological polar surface area (TPSA) is 43.1 Å². The second-order valence-corrected chi connectivity index (χ2v) is 5.39. The van der Waals surface area contributed by atoms with Crippen LogP contribution in [0.3, 0.4) is 0 Å². The van der Waals surface area contributed by atoms with E-state index in [1.54, 1.807) is 6.07 Å². The molecular weight excluding hydrogens is 234 g/mol. The molecule has 0 atom stereocenters. The van der Waals surface area contributed by atoms with Crippen molar-refractivity contribution in [3.05, 3.63) is 65.2 Å². The molecule has 19 heavy (non-hydrogen) atoms. The molecule has 0 aromatic heterocycles. The second kappa shape index (κ2) is 4.88. The van der Waals surface area contributed by atoms with Crippen LogP contribution >= 0.6 is 0 Å². The quantitative estimate of drug-likeness (QED) is 0.669. The van der Waals surface area contributed by atoms with Gasteiger partial charge in [-0.05, 0) is 50.1 Å². The Kier molecular flexibility index (Phi) is 3.43. The molecule has 0 unspecified atom stereocenters. The summed E-state index contributed by atoms with van der Waals surface area (Å²) in [6.45, 7) is 5.84. The lowest BCUT2D eigenvalue weighted by atomic mass is 9.77. The van der Waals surface area contributed by atoms with E-state index in [-0.39, 0.29) is 5.78 Å². The number of hydrogen-bond acceptors (Lipinski definition) is 2. The van der Waals surface area contributed by atoms with Gasteiger partial charge < -0.3 is 5.73 Å². The summed E-state index contributed by atoms with van der Waals surface area (Å²) in [5, 5.41) is 0. The van der Waals surface area contributed by atoms with Gasteiger partial charge in [-0.1, -0.05) is 30.3 Å². The first-order valence-electron chi connectivity index (χ1n) is 6.39. The summed E-state index contributed by atoms with van der Waals surface area (Å²) in [6, 6.07) is 15.3. The van der Waals surface area contributed by atoms with Crippen LogP contribution in [0.1, 0.15) is 35.3 Å². The summed E-state index contributed by atoms with van der Waals surface area (Å²) in [4.78, 5) is 12.8. The van der Waals surface area contributed by atoms with Crippen LogP contribution in [-0.2, 0) is 5.41 Å². The van der Waals surface area contributed by atoms with Crippen LogP contribution in [0.5, 0.6) is 0 Å². The summed E-state index contributed by atoms with van der Waals surface area (Å²) in [7, 11) is 0. The van der Waals surface area contributed by atoms with Gasteiger partial charge in [-0.25, -0.2) is 0 Å². The van der Waals surface area contributed by atoms with E-state index in [2.05, 4.69) is 0 Å². The van der Waals surface area contributed by atoms with Crippen LogP contribution < -0.4 is 5.73 Å². The van der Waals surface area contributed by atoms with Gasteiger partial charge in [0.1, 0.15) is 0 Å². The Morgan fingerprint density at radius 2 is 1.68 bits per heavy atom. The van der Waals surface area contributed by atoms with E-state index in [1.807, 2.05) is 63.2 Å². The van der Waals surface area contributed by atoms with Crippen molar-refractivity contribution in [1.29, 1.82) is 0 Å². The van der Waals surface area contributed by atoms with Gasteiger partial charge in [0.05, 0.1) is 5.41 Å². The number of hydrogen-bond donors (Lipinski definition) is 1. The predicted molar refractivity (Wildman–Crippen MR) is 79.4 cm³/mol. The number of carbonyl (C=O) groups excluding carboxylic acids is 1. The molecule has 0 saturated carbocycles. The molecule has 0 radical (unpaired) electrons. The van der Waals surface area contributed by atoms with Crippen molar-refractivity contribution in [3.63, 3.8) is 0 Å². The van der Waals surface area contributed by atoms with Gasteiger partial charge >= 0.3 is 0 Å². The number of rotatable bonds is 3. The molecule has 0 bridgehead atoms. The van der Waals surface area contributed by atoms with Crippen molar-refractivity contribution in [2.45, 2.75) is 26.2 Å². The molecule has 2 nitrogen and oxygen atoms in total. The van der Waals surface area contributed by atoms with E-state index in [0.29, 0.717) is 5.69 Å². The van der Waals surface area contributed by atoms with Crippen molar-refractivity contribution in [2.75, 3.05) is 5.73 Å². The molecule has 2 N–H and O–H groups in total. The highest BCUT2D eigenvalue weighted by molar-refractivity contribution is 6.04. The van der Waals surface area contributed by atoms with Crippen LogP contribution in [-0.4, -0.2) is 5.78 Å². The molecule has 2 rings (SSSR count). The zero-order chi connectivity index (χ0) is 14.0. The van der Waals surface area contributed by atoms with Crippen molar-refractivity contribution in [3.8, 4) is 0 Å². The summed E-state index contributed by atoms with van der Waals surface area (Å²) in [5.74, 6) is 0.121. The van der Waals surface area contributed by atoms with Gasteiger partial charge in [0.25, 0.3) is 0 Å². The second-order valence-electron chi connectivity index (χ2n) is 5.39. The third-order valence-corrected chi connectivity index (χ3v) is 3.56. The zero-order valence-corrected chi connectivity index (χ0v) is 11.6. The Morgan fingerprint density at radius 3 is 2.26 bits per heavy atom. The number of nitrogen functional groups attached to an aromatic ring is 1. The van der Waals surface area contributed by atoms with Crippen molar-refractivity contribution >= 4 is 11.5 Å². The van der Waals surface area contributed by atoms with Crippen LogP contribution in [0.25, 0.3) is 0 Å². The molecular formula is C17H19NO. The average molecular weight is 253 g/mol. The summed E-state index contributed by atoms with van der Waals surface area (Å²) in [6.07, 6.45) is 0. The number of carbonyl (C=O) groups is 1. The lowest BCUT2D eigenvalue weighted by molar-refractivity contribution is 0.0908. The van der Waals surface area contributed by atoms with Gasteiger partial charge in [0.15, 0.2) is 5.78 Å². The monoisotopic (exact) mass is 253 g/mol. The van der Waals surface area contributed by atoms with Crippen molar-refractivity contribution < 1.29 is 4.79 Å². The van der Waals surface area contributed by atoms with E-state index in [0.717, 1.165) is 16.7 Å². The lowest BCUT2D eigenvalue weighted by Gasteiger charge is -2.24. The van der Waals surface area contributed by atoms with E-state index < -0.39 is 5.41 Å². The standard InChI is InChI=1S/C17H19NO/c1-12-11-14(18)9-10-15(12)16(19)17(2,3)13-7-5-4-6-8-13/h4-11H,18H2,1-3H3. The summed E-state index contributed by atoms with van der Waals surface area (Å²) >= 11 is 0. The molecule has 0 aliphatic rings. The molecule has 2 aromatic rings. The number of Topliss-reactive ketones (excluding diaryl/α,β-unsaturated/α-hetero) is 1. The highest BCUT2D eigenvalue weighted by atomic mass is 16.1. The Balaban J connectivity index is 2.43. The maximum atomic E-state index is 12.8. The summed E-state index contributed by atoms with van der Waals surface area (Å²) in [5.41, 5.74) is 8.57. The van der Waals surface area contributed by atoms with Gasteiger partial charge in [-0.15, -0.1) is 0 Å². The van der Waals surface area contributed by atoms with Gasteiger partial charge in [-0.3, -0.25) is 4.79 Å². The predicted octanol–water partition coefficient (Wildman–Crippen LogP) is 3.74. The first kappa shape index (κ1) is 13.3. The Bertz CT molecular complexity index is 600. The van der Waals surface area contributed by atoms with Crippen LogP contribution in [0.4, 0.5) is 5.69 Å². The van der Waals surface area contributed by atoms with E-state index in [1.165, 1.54) is 0 Å². The Labute approximate surface area is 114 Å². The number of ketones is 1. The first-order valence-corrected chi connectivity index (χ1v) is 6.39. The van der Waals surface area contributed by atoms with Crippen molar-refractivity contribution in [1.82, 2.24) is 0 Å². The smallest absolute Gasteiger partial charge is 0.173 e. The normalized spacial score (nSPS) is 11.3. The molecule has 0 fully saturated rings. The zero-order valence-electron chi connectivity index (χ0n) is 11.6. The first-order chi connectivity index (χ1) is 8.93. The molecule has 0 spiro atoms. The maximum Gasteiger partial charge on any atom is 0.173 e. The average Bonchev–Trinajstić information content (AvgIpc) is 2.39. The largest absolute Gasteiger partial charge is 0.399 e. The maximum absolute atomic E-state index is 12.8. The van der Waals surface area contributed by atoms with Gasteiger partial charge in [0.2, 0.25) is 0 Å². The molecule has 0 amide bonds. The minimum atomic E-state index is -0.540. The highest BCUT2D eigenvalue weighted by Crippen LogP contribution is 2.29. The van der Waals surface area contributed by atoms with Crippen LogP contribution in [0.2, 0.25) is 0 Å². The molecule has 2 aromatic carbocycles. The molecule has 98 valence electrons. The molecule has 0 saturated heterocycles. The van der Waals surface area contributed by atoms with E-state index in [9.17, 15) is 4.79 Å². The third-order valence-electron chi connectivity index (χ3n) is 3.56. The minimum Gasteiger partial charge on any atom is -0.399 e. The van der Waals surface area contributed by atoms with Crippen LogP contribution in [0.15, 0.2) is 48.5 Å². The fraction of sp³-hybridized carbons (Fsp3) is 0.235. The molecule has 2 heteroatoms. The lowest BCUT2D eigenvalue weighted by Crippen LogP contribution is -2.29. The third kappa shape index (κ3) is 2.53. The van der Waals surface area contributed by atoms with Gasteiger partial charge in [-0.2, -0.15) is 0 Å². The fourth-order valence-corrected chi connectivity index (χ4v) is 2.26. The van der Waals surface area contributed by atoms with E-state index in [4.69, 9.17) is 5.73 Å². The fourth-order valence-electron chi connectivity index (χ4n) is 2.26. The highest BCUT2D eigenvalue weighted by Gasteiger charge is 2.31.